The fourth-order valence-corrected chi connectivity index (χ4v) is 5.70. The van der Waals surface area contributed by atoms with Crippen LogP contribution in [0.15, 0.2) is 53.1 Å². The van der Waals surface area contributed by atoms with Gasteiger partial charge in [0, 0.05) is 40.3 Å². The molecule has 0 aliphatic heterocycles. The van der Waals surface area contributed by atoms with Gasteiger partial charge in [-0.25, -0.2) is 19.7 Å². The maximum atomic E-state index is 12.7. The highest BCUT2D eigenvalue weighted by molar-refractivity contribution is 7.90. The Morgan fingerprint density at radius 2 is 1.74 bits per heavy atom. The molecular formula is C20H20ClN5O3S2. The molecule has 1 aromatic carbocycles. The van der Waals surface area contributed by atoms with Crippen LogP contribution in [0.5, 0.6) is 0 Å². The second-order valence-electron chi connectivity index (χ2n) is 7.23. The average molecular weight is 478 g/mol. The highest BCUT2D eigenvalue weighted by Crippen LogP contribution is 2.28. The van der Waals surface area contributed by atoms with Gasteiger partial charge in [0.05, 0.1) is 0 Å². The quantitative estimate of drug-likeness (QED) is 0.555. The number of carbonyl (C=O) groups excluding carboxylic acids is 1. The summed E-state index contributed by atoms with van der Waals surface area (Å²) >= 11 is 7.08. The van der Waals surface area contributed by atoms with Gasteiger partial charge in [-0.1, -0.05) is 23.7 Å². The first-order valence-electron chi connectivity index (χ1n) is 9.72. The number of nitrogens with one attached hydrogen (secondary N) is 2. The second-order valence-corrected chi connectivity index (χ2v) is 10.2. The van der Waals surface area contributed by atoms with E-state index in [-0.39, 0.29) is 17.0 Å². The van der Waals surface area contributed by atoms with Crippen LogP contribution in [-0.2, 0) is 14.8 Å². The molecule has 0 bridgehead atoms. The molecule has 8 nitrogen and oxygen atoms in total. The fourth-order valence-electron chi connectivity index (χ4n) is 3.43. The number of sulfonamides is 1. The van der Waals surface area contributed by atoms with Crippen molar-refractivity contribution < 1.29 is 13.2 Å². The topological polar surface area (TPSA) is 114 Å². The summed E-state index contributed by atoms with van der Waals surface area (Å²) < 4.78 is 27.5. The minimum Gasteiger partial charge on any atom is -0.351 e. The maximum Gasteiger partial charge on any atom is 0.282 e. The van der Waals surface area contributed by atoms with Crippen LogP contribution in [0.3, 0.4) is 0 Å². The zero-order valence-electron chi connectivity index (χ0n) is 16.4. The van der Waals surface area contributed by atoms with Crippen molar-refractivity contribution in [2.75, 3.05) is 5.32 Å². The Labute approximate surface area is 189 Å². The molecule has 4 rings (SSSR count). The summed E-state index contributed by atoms with van der Waals surface area (Å²) in [5, 5.41) is 5.64. The summed E-state index contributed by atoms with van der Waals surface area (Å²) in [5.74, 6) is -0.299. The van der Waals surface area contributed by atoms with Crippen molar-refractivity contribution in [3.8, 4) is 10.6 Å². The van der Waals surface area contributed by atoms with Gasteiger partial charge in [0.1, 0.15) is 5.01 Å². The predicted octanol–water partition coefficient (Wildman–Crippen LogP) is 3.73. The van der Waals surface area contributed by atoms with Crippen molar-refractivity contribution in [2.24, 2.45) is 5.92 Å². The van der Waals surface area contributed by atoms with E-state index in [0.29, 0.717) is 28.8 Å². The molecular weight excluding hydrogens is 458 g/mol. The lowest BCUT2D eigenvalue weighted by Gasteiger charge is -2.28. The van der Waals surface area contributed by atoms with Crippen LogP contribution in [0.4, 0.5) is 5.95 Å². The van der Waals surface area contributed by atoms with E-state index < -0.39 is 15.9 Å². The minimum absolute atomic E-state index is 0.156. The van der Waals surface area contributed by atoms with Crippen LogP contribution >= 0.6 is 22.9 Å². The Morgan fingerprint density at radius 3 is 2.42 bits per heavy atom. The first-order chi connectivity index (χ1) is 14.9. The van der Waals surface area contributed by atoms with Crippen LogP contribution in [0, 0.1) is 5.92 Å². The molecule has 2 aromatic heterocycles. The number of nitrogens with zero attached hydrogens (tertiary/aromatic N) is 3. The van der Waals surface area contributed by atoms with Crippen LogP contribution in [0.1, 0.15) is 25.7 Å². The highest BCUT2D eigenvalue weighted by Gasteiger charge is 2.30. The summed E-state index contributed by atoms with van der Waals surface area (Å²) in [7, 11) is -4.03. The van der Waals surface area contributed by atoms with E-state index in [2.05, 4.69) is 25.0 Å². The Hall–Kier alpha value is -2.56. The highest BCUT2D eigenvalue weighted by atomic mass is 35.5. The summed E-state index contributed by atoms with van der Waals surface area (Å²) in [6.07, 6.45) is 5.95. The molecule has 1 fully saturated rings. The zero-order valence-corrected chi connectivity index (χ0v) is 18.8. The number of rotatable bonds is 6. The van der Waals surface area contributed by atoms with Gasteiger partial charge in [-0.3, -0.25) is 4.79 Å². The van der Waals surface area contributed by atoms with Gasteiger partial charge in [-0.15, -0.1) is 11.3 Å². The van der Waals surface area contributed by atoms with Crippen LogP contribution in [-0.4, -0.2) is 35.3 Å². The minimum atomic E-state index is -4.03. The smallest absolute Gasteiger partial charge is 0.282 e. The molecule has 2 heterocycles. The number of thiazole rings is 1. The lowest BCUT2D eigenvalue weighted by Crippen LogP contribution is -2.39. The molecule has 162 valence electrons. The third-order valence-electron chi connectivity index (χ3n) is 5.08. The van der Waals surface area contributed by atoms with Gasteiger partial charge in [-0.2, -0.15) is 8.42 Å². The Balaban J connectivity index is 1.34. The molecule has 31 heavy (non-hydrogen) atoms. The molecule has 1 aliphatic rings. The lowest BCUT2D eigenvalue weighted by atomic mass is 9.86. The molecule has 1 saturated carbocycles. The number of halogens is 1. The van der Waals surface area contributed by atoms with Crippen LogP contribution in [0.2, 0.25) is 5.02 Å². The molecule has 0 atom stereocenters. The SMILES string of the molecule is O=C(NS(=O)(=O)c1csc(-c2ccc(Cl)cc2)n1)C1CCC(Nc2ncccn2)CC1. The van der Waals surface area contributed by atoms with Crippen molar-refractivity contribution in [1.29, 1.82) is 0 Å². The van der Waals surface area contributed by atoms with Crippen molar-refractivity contribution in [2.45, 2.75) is 36.8 Å². The summed E-state index contributed by atoms with van der Waals surface area (Å²) in [6, 6.07) is 8.86. The number of hydrogen-bond donors (Lipinski definition) is 2. The molecule has 0 spiro atoms. The monoisotopic (exact) mass is 477 g/mol. The molecule has 0 unspecified atom stereocenters. The van der Waals surface area contributed by atoms with Gasteiger partial charge in [-0.05, 0) is 43.9 Å². The molecule has 11 heteroatoms. The van der Waals surface area contributed by atoms with E-state index in [4.69, 9.17) is 11.6 Å². The van der Waals surface area contributed by atoms with E-state index in [1.807, 2.05) is 0 Å². The van der Waals surface area contributed by atoms with Crippen molar-refractivity contribution >= 4 is 44.8 Å². The summed E-state index contributed by atoms with van der Waals surface area (Å²) in [5.41, 5.74) is 0.760. The Kier molecular flexibility index (Phi) is 6.49. The maximum absolute atomic E-state index is 12.7. The van der Waals surface area contributed by atoms with Crippen LogP contribution < -0.4 is 10.0 Å². The third-order valence-corrected chi connectivity index (χ3v) is 7.60. The Bertz CT molecular complexity index is 1150. The van der Waals surface area contributed by atoms with Gasteiger partial charge in [0.2, 0.25) is 11.9 Å². The van der Waals surface area contributed by atoms with Crippen molar-refractivity contribution in [1.82, 2.24) is 19.7 Å². The molecule has 1 aliphatic carbocycles. The van der Waals surface area contributed by atoms with E-state index in [1.165, 1.54) is 16.7 Å². The number of benzene rings is 1. The molecule has 0 radical (unpaired) electrons. The van der Waals surface area contributed by atoms with Crippen LogP contribution in [0.25, 0.3) is 10.6 Å². The normalized spacial score (nSPS) is 19.0. The molecule has 0 saturated heterocycles. The third kappa shape index (κ3) is 5.38. The number of hydrogen-bond acceptors (Lipinski definition) is 8. The van der Waals surface area contributed by atoms with Crippen molar-refractivity contribution in [3.63, 3.8) is 0 Å². The molecule has 1 amide bonds. The summed E-state index contributed by atoms with van der Waals surface area (Å²) in [6.45, 7) is 0. The second kappa shape index (κ2) is 9.29. The first-order valence-corrected chi connectivity index (χ1v) is 12.5. The fraction of sp³-hybridized carbons (Fsp3) is 0.300. The van der Waals surface area contributed by atoms with Crippen molar-refractivity contribution in [3.05, 3.63) is 53.1 Å². The summed E-state index contributed by atoms with van der Waals surface area (Å²) in [4.78, 5) is 25.1. The van der Waals surface area contributed by atoms with E-state index in [9.17, 15) is 13.2 Å². The number of amides is 1. The average Bonchev–Trinajstić information content (AvgIpc) is 3.27. The molecule has 2 N–H and O–H groups in total. The zero-order chi connectivity index (χ0) is 21.8. The van der Waals surface area contributed by atoms with E-state index >= 15 is 0 Å². The Morgan fingerprint density at radius 1 is 1.06 bits per heavy atom. The van der Waals surface area contributed by atoms with Gasteiger partial charge >= 0.3 is 0 Å². The number of aromatic nitrogens is 3. The lowest BCUT2D eigenvalue weighted by molar-refractivity contribution is -0.124. The standard InChI is InChI=1S/C20H20ClN5O3S2/c21-15-6-2-14(3-7-15)19-25-17(12-30-19)31(28,29)26-18(27)13-4-8-16(9-5-13)24-20-22-10-1-11-23-20/h1-3,6-7,10-13,16H,4-5,8-9H2,(H,26,27)(H,22,23,24). The first kappa shape index (κ1) is 21.7. The van der Waals surface area contributed by atoms with Gasteiger partial charge in [0.15, 0.2) is 5.03 Å². The largest absolute Gasteiger partial charge is 0.351 e. The van der Waals surface area contributed by atoms with E-state index in [0.717, 1.165) is 18.4 Å². The number of carbonyl (C=O) groups is 1. The predicted molar refractivity (Wildman–Crippen MR) is 119 cm³/mol. The number of anilines is 1. The van der Waals surface area contributed by atoms with Gasteiger partial charge < -0.3 is 5.32 Å². The van der Waals surface area contributed by atoms with Gasteiger partial charge in [0.25, 0.3) is 10.0 Å². The van der Waals surface area contributed by atoms with E-state index in [1.54, 1.807) is 42.7 Å². The molecule has 3 aromatic rings.